The molecule has 0 saturated heterocycles. The van der Waals surface area contributed by atoms with E-state index in [2.05, 4.69) is 38.5 Å². The Hall–Kier alpha value is -2.30. The van der Waals surface area contributed by atoms with Crippen LogP contribution in [0.25, 0.3) is 22.6 Å². The molecule has 0 aliphatic heterocycles. The molecule has 3 aromatic rings. The Morgan fingerprint density at radius 3 is 2.95 bits per heavy atom. The van der Waals surface area contributed by atoms with E-state index in [4.69, 9.17) is 0 Å². The van der Waals surface area contributed by atoms with E-state index < -0.39 is 0 Å². The maximum atomic E-state index is 4.65. The normalized spacial score (nSPS) is 11.1. The lowest BCUT2D eigenvalue weighted by Crippen LogP contribution is -2.01. The summed E-state index contributed by atoms with van der Waals surface area (Å²) in [7, 11) is 0. The Morgan fingerprint density at radius 1 is 1.20 bits per heavy atom. The number of unbranched alkanes of at least 4 members (excludes halogenated alkanes) is 2. The third-order valence-electron chi connectivity index (χ3n) is 3.35. The van der Waals surface area contributed by atoms with Crippen LogP contribution < -0.4 is 5.32 Å². The van der Waals surface area contributed by atoms with Crippen molar-refractivity contribution >= 4 is 16.7 Å². The largest absolute Gasteiger partial charge is 0.383 e. The molecule has 0 unspecified atom stereocenters. The third kappa shape index (κ3) is 2.52. The molecule has 3 rings (SSSR count). The number of rotatable bonds is 6. The first-order valence-corrected chi connectivity index (χ1v) is 7.11. The van der Waals surface area contributed by atoms with E-state index in [1.54, 1.807) is 6.20 Å². The molecule has 5 nitrogen and oxygen atoms in total. The van der Waals surface area contributed by atoms with Crippen LogP contribution in [0, 0.1) is 0 Å². The summed E-state index contributed by atoms with van der Waals surface area (Å²) in [6.45, 7) is 3.20. The average molecular weight is 269 g/mol. The van der Waals surface area contributed by atoms with Crippen molar-refractivity contribution in [2.45, 2.75) is 26.2 Å². The van der Waals surface area contributed by atoms with Gasteiger partial charge in [0, 0.05) is 12.7 Å². The Kier molecular flexibility index (Phi) is 3.67. The van der Waals surface area contributed by atoms with Gasteiger partial charge in [-0.15, -0.1) is 0 Å². The van der Waals surface area contributed by atoms with Crippen LogP contribution in [0.4, 0.5) is 5.69 Å². The summed E-state index contributed by atoms with van der Waals surface area (Å²) in [5, 5.41) is 10.4. The quantitative estimate of drug-likeness (QED) is 0.599. The maximum absolute atomic E-state index is 4.65. The summed E-state index contributed by atoms with van der Waals surface area (Å²) < 4.78 is 0. The van der Waals surface area contributed by atoms with E-state index in [1.165, 1.54) is 19.3 Å². The molecule has 3 N–H and O–H groups in total. The van der Waals surface area contributed by atoms with Gasteiger partial charge < -0.3 is 10.3 Å². The molecule has 20 heavy (non-hydrogen) atoms. The van der Waals surface area contributed by atoms with Gasteiger partial charge in [-0.2, -0.15) is 5.10 Å². The Labute approximate surface area is 117 Å². The molecule has 0 aliphatic carbocycles. The predicted octanol–water partition coefficient (Wildman–Crippen LogP) is 3.56. The van der Waals surface area contributed by atoms with Crippen molar-refractivity contribution in [1.82, 2.24) is 20.2 Å². The van der Waals surface area contributed by atoms with E-state index in [0.717, 1.165) is 34.8 Å². The number of hydrogen-bond donors (Lipinski definition) is 3. The van der Waals surface area contributed by atoms with Crippen molar-refractivity contribution in [2.24, 2.45) is 0 Å². The number of benzene rings is 1. The first-order valence-electron chi connectivity index (χ1n) is 7.11. The van der Waals surface area contributed by atoms with Gasteiger partial charge in [0.05, 0.1) is 11.2 Å². The standard InChI is InChI=1S/C15H19N5/c1-2-3-4-9-16-11-6-5-7-12-14(11)19-15(18-12)13-8-10-17-20-13/h5-8,10,16H,2-4,9H2,1H3,(H,17,20)(H,18,19). The number of anilines is 1. The summed E-state index contributed by atoms with van der Waals surface area (Å²) >= 11 is 0. The van der Waals surface area contributed by atoms with Crippen molar-refractivity contribution < 1.29 is 0 Å². The number of nitrogens with one attached hydrogen (secondary N) is 3. The highest BCUT2D eigenvalue weighted by Crippen LogP contribution is 2.24. The monoisotopic (exact) mass is 269 g/mol. The molecule has 0 bridgehead atoms. The summed E-state index contributed by atoms with van der Waals surface area (Å²) in [6, 6.07) is 8.06. The first kappa shape index (κ1) is 12.7. The van der Waals surface area contributed by atoms with Crippen LogP contribution in [-0.2, 0) is 0 Å². The zero-order valence-electron chi connectivity index (χ0n) is 11.6. The molecule has 0 atom stereocenters. The smallest absolute Gasteiger partial charge is 0.159 e. The highest BCUT2D eigenvalue weighted by Gasteiger charge is 2.09. The summed E-state index contributed by atoms with van der Waals surface area (Å²) in [5.74, 6) is 0.795. The molecular formula is C15H19N5. The fourth-order valence-electron chi connectivity index (χ4n) is 2.29. The molecule has 104 valence electrons. The van der Waals surface area contributed by atoms with Crippen LogP contribution >= 0.6 is 0 Å². The Balaban J connectivity index is 1.86. The van der Waals surface area contributed by atoms with E-state index >= 15 is 0 Å². The average Bonchev–Trinajstić information content (AvgIpc) is 3.11. The lowest BCUT2D eigenvalue weighted by molar-refractivity contribution is 0.744. The number of aromatic amines is 2. The molecule has 1 aromatic carbocycles. The fraction of sp³-hybridized carbons (Fsp3) is 0.333. The van der Waals surface area contributed by atoms with Crippen molar-refractivity contribution in [1.29, 1.82) is 0 Å². The number of imidazole rings is 1. The Bertz CT molecular complexity index is 669. The number of para-hydroxylation sites is 1. The van der Waals surface area contributed by atoms with Crippen LogP contribution in [0.1, 0.15) is 26.2 Å². The van der Waals surface area contributed by atoms with Crippen molar-refractivity contribution in [3.05, 3.63) is 30.5 Å². The van der Waals surface area contributed by atoms with Gasteiger partial charge >= 0.3 is 0 Å². The first-order chi connectivity index (χ1) is 9.88. The van der Waals surface area contributed by atoms with E-state index in [1.807, 2.05) is 18.2 Å². The second-order valence-corrected chi connectivity index (χ2v) is 4.88. The van der Waals surface area contributed by atoms with Gasteiger partial charge in [-0.25, -0.2) is 4.98 Å². The number of hydrogen-bond acceptors (Lipinski definition) is 3. The minimum Gasteiger partial charge on any atom is -0.383 e. The lowest BCUT2D eigenvalue weighted by Gasteiger charge is -2.05. The van der Waals surface area contributed by atoms with Crippen LogP contribution in [0.3, 0.4) is 0 Å². The van der Waals surface area contributed by atoms with Crippen molar-refractivity contribution in [3.63, 3.8) is 0 Å². The fourth-order valence-corrected chi connectivity index (χ4v) is 2.29. The van der Waals surface area contributed by atoms with Crippen LogP contribution in [0.2, 0.25) is 0 Å². The van der Waals surface area contributed by atoms with Crippen molar-refractivity contribution in [3.8, 4) is 11.5 Å². The van der Waals surface area contributed by atoms with Crippen LogP contribution in [0.5, 0.6) is 0 Å². The van der Waals surface area contributed by atoms with Crippen molar-refractivity contribution in [2.75, 3.05) is 11.9 Å². The minimum absolute atomic E-state index is 0.795. The number of aromatic nitrogens is 4. The third-order valence-corrected chi connectivity index (χ3v) is 3.35. The second kappa shape index (κ2) is 5.77. The molecule has 0 amide bonds. The summed E-state index contributed by atoms with van der Waals surface area (Å²) in [4.78, 5) is 7.96. The summed E-state index contributed by atoms with van der Waals surface area (Å²) in [5.41, 5.74) is 3.92. The molecular weight excluding hydrogens is 250 g/mol. The highest BCUT2D eigenvalue weighted by atomic mass is 15.1. The molecule has 0 saturated carbocycles. The zero-order valence-corrected chi connectivity index (χ0v) is 11.6. The SMILES string of the molecule is CCCCCNc1cccc2[nH]c(-c3cc[nH]n3)nc12. The van der Waals surface area contributed by atoms with Crippen LogP contribution in [0.15, 0.2) is 30.5 Å². The van der Waals surface area contributed by atoms with E-state index in [-0.39, 0.29) is 0 Å². The van der Waals surface area contributed by atoms with Gasteiger partial charge in [-0.05, 0) is 24.6 Å². The number of nitrogens with zero attached hydrogens (tertiary/aromatic N) is 2. The van der Waals surface area contributed by atoms with Gasteiger partial charge in [0.15, 0.2) is 5.82 Å². The predicted molar refractivity (Wildman–Crippen MR) is 81.7 cm³/mol. The van der Waals surface area contributed by atoms with Gasteiger partial charge in [-0.1, -0.05) is 25.8 Å². The lowest BCUT2D eigenvalue weighted by atomic mass is 10.2. The number of H-pyrrole nitrogens is 2. The minimum atomic E-state index is 0.795. The molecule has 0 radical (unpaired) electrons. The highest BCUT2D eigenvalue weighted by molar-refractivity contribution is 5.90. The molecule has 0 aliphatic rings. The van der Waals surface area contributed by atoms with Gasteiger partial charge in [0.25, 0.3) is 0 Å². The van der Waals surface area contributed by atoms with Gasteiger partial charge in [0.1, 0.15) is 11.2 Å². The van der Waals surface area contributed by atoms with Gasteiger partial charge in [0.2, 0.25) is 0 Å². The molecule has 5 heteroatoms. The Morgan fingerprint density at radius 2 is 2.15 bits per heavy atom. The number of fused-ring (bicyclic) bond motifs is 1. The molecule has 0 fully saturated rings. The molecule has 2 aromatic heterocycles. The van der Waals surface area contributed by atoms with Crippen LogP contribution in [-0.4, -0.2) is 26.7 Å². The van der Waals surface area contributed by atoms with Gasteiger partial charge in [-0.3, -0.25) is 5.10 Å². The second-order valence-electron chi connectivity index (χ2n) is 4.88. The molecule has 2 heterocycles. The van der Waals surface area contributed by atoms with E-state index in [9.17, 15) is 0 Å². The zero-order chi connectivity index (χ0) is 13.8. The topological polar surface area (TPSA) is 69.4 Å². The summed E-state index contributed by atoms with van der Waals surface area (Å²) in [6.07, 6.45) is 5.47. The molecule has 0 spiro atoms. The maximum Gasteiger partial charge on any atom is 0.159 e. The van der Waals surface area contributed by atoms with E-state index in [0.29, 0.717) is 0 Å².